The number of hydrogen-bond acceptors (Lipinski definition) is 5. The van der Waals surface area contributed by atoms with Crippen LogP contribution >= 0.6 is 0 Å². The quantitative estimate of drug-likeness (QED) is 0.710. The lowest BCUT2D eigenvalue weighted by atomic mass is 10.0. The average Bonchev–Trinajstić information content (AvgIpc) is 2.77. The Morgan fingerprint density at radius 3 is 2.71 bits per heavy atom. The number of nitrogens with one attached hydrogen (secondary N) is 2. The largest absolute Gasteiger partial charge is 0.392 e. The van der Waals surface area contributed by atoms with E-state index in [0.717, 1.165) is 28.3 Å². The van der Waals surface area contributed by atoms with Crippen molar-refractivity contribution in [1.82, 2.24) is 5.16 Å². The number of aryl methyl sites for hydroxylation is 2. The molecule has 2 aromatic rings. The van der Waals surface area contributed by atoms with Gasteiger partial charge in [-0.05, 0) is 38.5 Å². The van der Waals surface area contributed by atoms with Crippen molar-refractivity contribution in [3.8, 4) is 11.1 Å². The van der Waals surface area contributed by atoms with Crippen LogP contribution in [0, 0.1) is 13.8 Å². The van der Waals surface area contributed by atoms with Crippen molar-refractivity contribution >= 4 is 17.8 Å². The molecular formula is C15H19N3O3. The first kappa shape index (κ1) is 15.1. The molecule has 21 heavy (non-hydrogen) atoms. The predicted molar refractivity (Wildman–Crippen MR) is 81.3 cm³/mol. The Morgan fingerprint density at radius 1 is 1.38 bits per heavy atom. The Kier molecular flexibility index (Phi) is 4.59. The van der Waals surface area contributed by atoms with Gasteiger partial charge < -0.3 is 20.3 Å². The number of carbonyl (C=O) groups excluding carboxylic acids is 1. The minimum atomic E-state index is -0.476. The van der Waals surface area contributed by atoms with Gasteiger partial charge in [0.25, 0.3) is 0 Å². The molecule has 0 aliphatic rings. The summed E-state index contributed by atoms with van der Waals surface area (Å²) in [5, 5.41) is 19.0. The number of nitrogens with zero attached hydrogens (tertiary/aromatic N) is 1. The number of amides is 1. The van der Waals surface area contributed by atoms with Crippen LogP contribution in [0.25, 0.3) is 11.1 Å². The fourth-order valence-electron chi connectivity index (χ4n) is 2.19. The van der Waals surface area contributed by atoms with Gasteiger partial charge in [0.2, 0.25) is 6.41 Å². The van der Waals surface area contributed by atoms with E-state index < -0.39 is 6.10 Å². The van der Waals surface area contributed by atoms with E-state index in [4.69, 9.17) is 4.52 Å². The SMILES string of the molecule is Cc1noc(C)c1-c1ccc(NCC(C)O)c(NC=O)c1. The third-order valence-electron chi connectivity index (χ3n) is 3.14. The molecule has 6 nitrogen and oxygen atoms in total. The molecule has 0 aliphatic heterocycles. The summed E-state index contributed by atoms with van der Waals surface area (Å²) in [5.41, 5.74) is 4.03. The van der Waals surface area contributed by atoms with Gasteiger partial charge in [-0.2, -0.15) is 0 Å². The lowest BCUT2D eigenvalue weighted by molar-refractivity contribution is -0.105. The topological polar surface area (TPSA) is 87.4 Å². The highest BCUT2D eigenvalue weighted by Gasteiger charge is 2.13. The summed E-state index contributed by atoms with van der Waals surface area (Å²) in [6.07, 6.45) is 0.149. The van der Waals surface area contributed by atoms with Gasteiger partial charge in [0.05, 0.1) is 23.2 Å². The van der Waals surface area contributed by atoms with Crippen molar-refractivity contribution in [1.29, 1.82) is 0 Å². The van der Waals surface area contributed by atoms with Crippen LogP contribution in [0.15, 0.2) is 22.7 Å². The van der Waals surface area contributed by atoms with Crippen LogP contribution in [-0.2, 0) is 4.79 Å². The molecule has 0 bridgehead atoms. The van der Waals surface area contributed by atoms with E-state index in [-0.39, 0.29) is 0 Å². The fourth-order valence-corrected chi connectivity index (χ4v) is 2.19. The van der Waals surface area contributed by atoms with Gasteiger partial charge in [-0.15, -0.1) is 0 Å². The summed E-state index contributed by atoms with van der Waals surface area (Å²) >= 11 is 0. The van der Waals surface area contributed by atoms with Crippen molar-refractivity contribution in [3.05, 3.63) is 29.7 Å². The van der Waals surface area contributed by atoms with E-state index in [9.17, 15) is 9.90 Å². The highest BCUT2D eigenvalue weighted by Crippen LogP contribution is 2.32. The minimum absolute atomic E-state index is 0.401. The highest BCUT2D eigenvalue weighted by atomic mass is 16.5. The Labute approximate surface area is 123 Å². The molecule has 2 rings (SSSR count). The molecule has 112 valence electrons. The van der Waals surface area contributed by atoms with Crippen LogP contribution in [0.4, 0.5) is 11.4 Å². The standard InChI is InChI=1S/C15H19N3O3/c1-9(20)7-16-13-5-4-12(6-14(13)17-8-19)15-10(2)18-21-11(15)3/h4-6,8-9,16,20H,7H2,1-3H3,(H,17,19). The number of aromatic nitrogens is 1. The second-order valence-electron chi connectivity index (χ2n) is 4.95. The highest BCUT2D eigenvalue weighted by molar-refractivity contribution is 5.85. The lowest BCUT2D eigenvalue weighted by Gasteiger charge is -2.14. The van der Waals surface area contributed by atoms with Gasteiger partial charge in [-0.25, -0.2) is 0 Å². The zero-order valence-electron chi connectivity index (χ0n) is 12.3. The number of aliphatic hydroxyl groups is 1. The minimum Gasteiger partial charge on any atom is -0.392 e. The molecule has 0 saturated carbocycles. The first-order chi connectivity index (χ1) is 10.0. The van der Waals surface area contributed by atoms with E-state index in [2.05, 4.69) is 15.8 Å². The molecule has 0 spiro atoms. The third-order valence-corrected chi connectivity index (χ3v) is 3.14. The first-order valence-corrected chi connectivity index (χ1v) is 6.72. The van der Waals surface area contributed by atoms with E-state index >= 15 is 0 Å². The molecule has 1 heterocycles. The summed E-state index contributed by atoms with van der Waals surface area (Å²) in [6.45, 7) is 5.82. The normalized spacial score (nSPS) is 12.0. The van der Waals surface area contributed by atoms with Crippen molar-refractivity contribution < 1.29 is 14.4 Å². The molecule has 1 atom stereocenters. The van der Waals surface area contributed by atoms with Gasteiger partial charge in [0.15, 0.2) is 0 Å². The Balaban J connectivity index is 2.38. The van der Waals surface area contributed by atoms with Crippen LogP contribution in [0.2, 0.25) is 0 Å². The van der Waals surface area contributed by atoms with E-state index in [1.165, 1.54) is 0 Å². The zero-order valence-corrected chi connectivity index (χ0v) is 12.3. The summed E-state index contributed by atoms with van der Waals surface area (Å²) in [7, 11) is 0. The molecule has 0 saturated heterocycles. The Hall–Kier alpha value is -2.34. The molecule has 0 radical (unpaired) electrons. The molecule has 1 aromatic heterocycles. The van der Waals surface area contributed by atoms with Crippen LogP contribution in [-0.4, -0.2) is 29.3 Å². The molecule has 0 fully saturated rings. The maximum atomic E-state index is 10.8. The first-order valence-electron chi connectivity index (χ1n) is 6.72. The Morgan fingerprint density at radius 2 is 2.14 bits per heavy atom. The van der Waals surface area contributed by atoms with Gasteiger partial charge in [-0.1, -0.05) is 11.2 Å². The van der Waals surface area contributed by atoms with Crippen molar-refractivity contribution in [2.45, 2.75) is 26.9 Å². The molecule has 6 heteroatoms. The van der Waals surface area contributed by atoms with Crippen LogP contribution in [0.5, 0.6) is 0 Å². The molecule has 1 unspecified atom stereocenters. The summed E-state index contributed by atoms with van der Waals surface area (Å²) < 4.78 is 5.17. The zero-order chi connectivity index (χ0) is 15.4. The van der Waals surface area contributed by atoms with Gasteiger partial charge in [-0.3, -0.25) is 4.79 Å². The molecular weight excluding hydrogens is 270 g/mol. The number of aliphatic hydroxyl groups excluding tert-OH is 1. The van der Waals surface area contributed by atoms with E-state index in [0.29, 0.717) is 18.6 Å². The molecule has 1 aromatic carbocycles. The Bertz CT molecular complexity index is 616. The molecule has 1 amide bonds. The maximum Gasteiger partial charge on any atom is 0.211 e. The van der Waals surface area contributed by atoms with Gasteiger partial charge in [0.1, 0.15) is 5.76 Å². The summed E-state index contributed by atoms with van der Waals surface area (Å²) in [6, 6.07) is 5.63. The molecule has 3 N–H and O–H groups in total. The second-order valence-corrected chi connectivity index (χ2v) is 4.95. The van der Waals surface area contributed by atoms with Crippen LogP contribution in [0.3, 0.4) is 0 Å². The third kappa shape index (κ3) is 3.41. The van der Waals surface area contributed by atoms with Crippen LogP contribution in [0.1, 0.15) is 18.4 Å². The maximum absolute atomic E-state index is 10.8. The van der Waals surface area contributed by atoms with Crippen LogP contribution < -0.4 is 10.6 Å². The second kappa shape index (κ2) is 6.41. The number of anilines is 2. The molecule has 0 aliphatic carbocycles. The number of carbonyl (C=O) groups is 1. The van der Waals surface area contributed by atoms with Crippen molar-refractivity contribution in [2.24, 2.45) is 0 Å². The average molecular weight is 289 g/mol. The van der Waals surface area contributed by atoms with Gasteiger partial charge in [0, 0.05) is 12.1 Å². The van der Waals surface area contributed by atoms with Gasteiger partial charge >= 0.3 is 0 Å². The lowest BCUT2D eigenvalue weighted by Crippen LogP contribution is -2.16. The number of rotatable bonds is 6. The fraction of sp³-hybridized carbons (Fsp3) is 0.333. The summed E-state index contributed by atoms with van der Waals surface area (Å²) in [5.74, 6) is 0.731. The number of hydrogen-bond donors (Lipinski definition) is 3. The number of benzene rings is 1. The van der Waals surface area contributed by atoms with Crippen molar-refractivity contribution in [2.75, 3.05) is 17.2 Å². The van der Waals surface area contributed by atoms with E-state index in [1.54, 1.807) is 6.92 Å². The predicted octanol–water partition coefficient (Wildman–Crippen LogP) is 2.32. The van der Waals surface area contributed by atoms with E-state index in [1.807, 2.05) is 32.0 Å². The monoisotopic (exact) mass is 289 g/mol. The summed E-state index contributed by atoms with van der Waals surface area (Å²) in [4.78, 5) is 10.8. The smallest absolute Gasteiger partial charge is 0.211 e. The van der Waals surface area contributed by atoms with Crippen molar-refractivity contribution in [3.63, 3.8) is 0 Å².